The number of fused-ring (bicyclic) bond motifs is 1. The Kier molecular flexibility index (Phi) is 5.72. The maximum atomic E-state index is 13.0. The summed E-state index contributed by atoms with van der Waals surface area (Å²) < 4.78 is 27.6. The van der Waals surface area contributed by atoms with Crippen molar-refractivity contribution in [1.29, 1.82) is 0 Å². The van der Waals surface area contributed by atoms with Crippen molar-refractivity contribution >= 4 is 21.6 Å². The van der Waals surface area contributed by atoms with Crippen LogP contribution in [0.2, 0.25) is 0 Å². The zero-order chi connectivity index (χ0) is 20.4. The molecule has 154 valence electrons. The van der Waals surface area contributed by atoms with Crippen LogP contribution in [-0.2, 0) is 27.7 Å². The van der Waals surface area contributed by atoms with E-state index in [1.165, 1.54) is 11.1 Å². The number of sulfonamides is 1. The molecule has 7 heteroatoms. The quantitative estimate of drug-likeness (QED) is 0.767. The third-order valence-electron chi connectivity index (χ3n) is 5.85. The number of hydrogen-bond donors (Lipinski definition) is 2. The number of carbonyl (C=O) groups excluding carboxylic acids is 1. The Morgan fingerprint density at radius 2 is 1.83 bits per heavy atom. The molecule has 2 aliphatic rings. The van der Waals surface area contributed by atoms with E-state index in [1.54, 1.807) is 10.4 Å². The van der Waals surface area contributed by atoms with Gasteiger partial charge in [0.05, 0.1) is 31.1 Å². The predicted octanol–water partition coefficient (Wildman–Crippen LogP) is 1.01. The molecule has 0 unspecified atom stereocenters. The van der Waals surface area contributed by atoms with E-state index in [2.05, 4.69) is 5.32 Å². The van der Waals surface area contributed by atoms with Gasteiger partial charge in [-0.2, -0.15) is 4.31 Å². The SMILES string of the molecule is Cc1cccc(NC(=O)C[NH+]2CCN(S(=O)(=O)c3ccc4c(c3)CCC4)CC2)c1. The van der Waals surface area contributed by atoms with Crippen LogP contribution in [-0.4, -0.2) is 51.4 Å². The molecule has 0 bridgehead atoms. The fourth-order valence-corrected chi connectivity index (χ4v) is 5.72. The van der Waals surface area contributed by atoms with Gasteiger partial charge in [-0.25, -0.2) is 8.42 Å². The molecule has 0 spiro atoms. The molecule has 1 saturated heterocycles. The minimum absolute atomic E-state index is 0.0412. The van der Waals surface area contributed by atoms with Gasteiger partial charge < -0.3 is 10.2 Å². The highest BCUT2D eigenvalue weighted by Crippen LogP contribution is 2.26. The lowest BCUT2D eigenvalue weighted by atomic mass is 10.1. The van der Waals surface area contributed by atoms with Gasteiger partial charge in [-0.3, -0.25) is 4.79 Å². The maximum Gasteiger partial charge on any atom is 0.279 e. The number of carbonyl (C=O) groups is 1. The van der Waals surface area contributed by atoms with Crippen LogP contribution in [0.25, 0.3) is 0 Å². The number of rotatable bonds is 5. The molecule has 0 saturated carbocycles. The largest absolute Gasteiger partial charge is 0.325 e. The summed E-state index contributed by atoms with van der Waals surface area (Å²) in [5.74, 6) is -0.0412. The molecular formula is C22H28N3O3S+. The van der Waals surface area contributed by atoms with Crippen molar-refractivity contribution in [3.8, 4) is 0 Å². The topological polar surface area (TPSA) is 70.9 Å². The highest BCUT2D eigenvalue weighted by molar-refractivity contribution is 7.89. The predicted molar refractivity (Wildman–Crippen MR) is 113 cm³/mol. The minimum Gasteiger partial charge on any atom is -0.325 e. The molecule has 1 amide bonds. The summed E-state index contributed by atoms with van der Waals surface area (Å²) in [7, 11) is -3.47. The monoisotopic (exact) mass is 414 g/mol. The third-order valence-corrected chi connectivity index (χ3v) is 7.74. The van der Waals surface area contributed by atoms with Gasteiger partial charge in [-0.15, -0.1) is 0 Å². The van der Waals surface area contributed by atoms with Crippen LogP contribution >= 0.6 is 0 Å². The second-order valence-electron chi connectivity index (χ2n) is 8.03. The summed E-state index contributed by atoms with van der Waals surface area (Å²) >= 11 is 0. The van der Waals surface area contributed by atoms with Crippen molar-refractivity contribution in [3.63, 3.8) is 0 Å². The van der Waals surface area contributed by atoms with Crippen LogP contribution in [0.5, 0.6) is 0 Å². The Morgan fingerprint density at radius 3 is 2.59 bits per heavy atom. The first-order valence-electron chi connectivity index (χ1n) is 10.2. The summed E-state index contributed by atoms with van der Waals surface area (Å²) in [4.78, 5) is 13.8. The summed E-state index contributed by atoms with van der Waals surface area (Å²) in [6.07, 6.45) is 3.11. The Hall–Kier alpha value is -2.22. The summed E-state index contributed by atoms with van der Waals surface area (Å²) in [6, 6.07) is 13.3. The number of anilines is 1. The first-order chi connectivity index (χ1) is 13.9. The van der Waals surface area contributed by atoms with Crippen LogP contribution < -0.4 is 10.2 Å². The fraction of sp³-hybridized carbons (Fsp3) is 0.409. The number of hydrogen-bond acceptors (Lipinski definition) is 3. The second kappa shape index (κ2) is 8.26. The number of benzene rings is 2. The van der Waals surface area contributed by atoms with Gasteiger partial charge in [-0.05, 0) is 67.1 Å². The van der Waals surface area contributed by atoms with Crippen LogP contribution in [0.1, 0.15) is 23.1 Å². The van der Waals surface area contributed by atoms with Gasteiger partial charge >= 0.3 is 0 Å². The van der Waals surface area contributed by atoms with Gasteiger partial charge in [0.25, 0.3) is 5.91 Å². The highest BCUT2D eigenvalue weighted by Gasteiger charge is 2.31. The molecule has 6 nitrogen and oxygen atoms in total. The van der Waals surface area contributed by atoms with Crippen molar-refractivity contribution in [3.05, 3.63) is 59.2 Å². The first-order valence-corrected chi connectivity index (χ1v) is 11.7. The van der Waals surface area contributed by atoms with Crippen LogP contribution in [0.3, 0.4) is 0 Å². The van der Waals surface area contributed by atoms with E-state index in [0.717, 1.165) is 35.4 Å². The molecule has 1 aliphatic heterocycles. The van der Waals surface area contributed by atoms with E-state index in [4.69, 9.17) is 0 Å². The van der Waals surface area contributed by atoms with Crippen LogP contribution in [0.4, 0.5) is 5.69 Å². The average molecular weight is 415 g/mol. The molecular weight excluding hydrogens is 386 g/mol. The van der Waals surface area contributed by atoms with Crippen LogP contribution in [0.15, 0.2) is 47.4 Å². The van der Waals surface area contributed by atoms with Gasteiger partial charge in [-0.1, -0.05) is 18.2 Å². The molecule has 29 heavy (non-hydrogen) atoms. The molecule has 1 aliphatic carbocycles. The normalized spacial score (nSPS) is 17.8. The van der Waals surface area contributed by atoms with Crippen LogP contribution in [0, 0.1) is 6.92 Å². The molecule has 0 radical (unpaired) electrons. The number of aryl methyl sites for hydroxylation is 3. The van der Waals surface area contributed by atoms with E-state index in [0.29, 0.717) is 37.6 Å². The molecule has 4 rings (SSSR count). The van der Waals surface area contributed by atoms with Gasteiger partial charge in [0.15, 0.2) is 6.54 Å². The Labute approximate surface area is 172 Å². The second-order valence-corrected chi connectivity index (χ2v) is 9.97. The summed E-state index contributed by atoms with van der Waals surface area (Å²) in [6.45, 7) is 4.47. The molecule has 1 fully saturated rings. The lowest BCUT2D eigenvalue weighted by molar-refractivity contribution is -0.895. The molecule has 2 aromatic rings. The van der Waals surface area contributed by atoms with E-state index in [-0.39, 0.29) is 5.91 Å². The molecule has 1 heterocycles. The van der Waals surface area contributed by atoms with Crippen molar-refractivity contribution < 1.29 is 18.1 Å². The number of nitrogens with one attached hydrogen (secondary N) is 2. The number of amides is 1. The Bertz CT molecular complexity index is 1010. The molecule has 2 aromatic carbocycles. The number of quaternary nitrogens is 1. The number of nitrogens with zero attached hydrogens (tertiary/aromatic N) is 1. The van der Waals surface area contributed by atoms with E-state index >= 15 is 0 Å². The van der Waals surface area contributed by atoms with E-state index < -0.39 is 10.0 Å². The summed E-state index contributed by atoms with van der Waals surface area (Å²) in [5.41, 5.74) is 4.34. The van der Waals surface area contributed by atoms with E-state index in [9.17, 15) is 13.2 Å². The van der Waals surface area contributed by atoms with Gasteiger partial charge in [0, 0.05) is 5.69 Å². The lowest BCUT2D eigenvalue weighted by Gasteiger charge is -2.31. The van der Waals surface area contributed by atoms with Crippen molar-refractivity contribution in [1.82, 2.24) is 4.31 Å². The Balaban J connectivity index is 1.33. The zero-order valence-electron chi connectivity index (χ0n) is 16.8. The average Bonchev–Trinajstić information content (AvgIpc) is 3.16. The zero-order valence-corrected chi connectivity index (χ0v) is 17.6. The smallest absolute Gasteiger partial charge is 0.279 e. The van der Waals surface area contributed by atoms with E-state index in [1.807, 2.05) is 43.3 Å². The standard InChI is InChI=1S/C22H27N3O3S/c1-17-4-2-7-20(14-17)23-22(26)16-24-10-12-25(13-11-24)29(27,28)21-9-8-18-5-3-6-19(18)15-21/h2,4,7-9,14-15H,3,5-6,10-13,16H2,1H3,(H,23,26)/p+1. The van der Waals surface area contributed by atoms with Crippen molar-refractivity contribution in [2.45, 2.75) is 31.1 Å². The Morgan fingerprint density at radius 1 is 1.07 bits per heavy atom. The first kappa shape index (κ1) is 20.1. The van der Waals surface area contributed by atoms with Gasteiger partial charge in [0.1, 0.15) is 0 Å². The lowest BCUT2D eigenvalue weighted by Crippen LogP contribution is -3.15. The minimum atomic E-state index is -3.47. The highest BCUT2D eigenvalue weighted by atomic mass is 32.2. The fourth-order valence-electron chi connectivity index (χ4n) is 4.23. The van der Waals surface area contributed by atoms with Crippen molar-refractivity contribution in [2.75, 3.05) is 38.0 Å². The molecule has 0 atom stereocenters. The van der Waals surface area contributed by atoms with Gasteiger partial charge in [0.2, 0.25) is 10.0 Å². The number of piperazine rings is 1. The molecule has 2 N–H and O–H groups in total. The van der Waals surface area contributed by atoms with Crippen molar-refractivity contribution in [2.24, 2.45) is 0 Å². The summed E-state index contributed by atoms with van der Waals surface area (Å²) in [5, 5.41) is 2.93. The maximum absolute atomic E-state index is 13.0. The molecule has 0 aromatic heterocycles. The third kappa shape index (κ3) is 4.52.